The SMILES string of the molecule is CCOC(=O)CNCc1ccc(C(C)C)cc1Cl. The first-order valence-corrected chi connectivity index (χ1v) is 6.57. The van der Waals surface area contributed by atoms with Crippen LogP contribution in [-0.4, -0.2) is 19.1 Å². The van der Waals surface area contributed by atoms with E-state index in [9.17, 15) is 4.79 Å². The van der Waals surface area contributed by atoms with Gasteiger partial charge in [-0.1, -0.05) is 37.6 Å². The van der Waals surface area contributed by atoms with E-state index in [4.69, 9.17) is 16.3 Å². The number of hydrogen-bond donors (Lipinski definition) is 1. The van der Waals surface area contributed by atoms with Gasteiger partial charge in [-0.05, 0) is 30.0 Å². The van der Waals surface area contributed by atoms with Crippen LogP contribution in [0.2, 0.25) is 5.02 Å². The number of ether oxygens (including phenoxy) is 1. The van der Waals surface area contributed by atoms with Gasteiger partial charge in [-0.25, -0.2) is 0 Å². The lowest BCUT2D eigenvalue weighted by Gasteiger charge is -2.10. The van der Waals surface area contributed by atoms with Gasteiger partial charge in [0.2, 0.25) is 0 Å². The molecule has 0 spiro atoms. The Kier molecular flexibility index (Phi) is 6.16. The van der Waals surface area contributed by atoms with Crippen molar-refractivity contribution >= 4 is 17.6 Å². The minimum Gasteiger partial charge on any atom is -0.465 e. The molecule has 1 N–H and O–H groups in total. The fraction of sp³-hybridized carbons (Fsp3) is 0.500. The van der Waals surface area contributed by atoms with Crippen LogP contribution in [-0.2, 0) is 16.1 Å². The molecule has 0 bridgehead atoms. The number of benzene rings is 1. The smallest absolute Gasteiger partial charge is 0.319 e. The van der Waals surface area contributed by atoms with Gasteiger partial charge < -0.3 is 10.1 Å². The highest BCUT2D eigenvalue weighted by molar-refractivity contribution is 6.31. The van der Waals surface area contributed by atoms with Gasteiger partial charge in [-0.15, -0.1) is 0 Å². The van der Waals surface area contributed by atoms with E-state index in [-0.39, 0.29) is 12.5 Å². The van der Waals surface area contributed by atoms with Gasteiger partial charge in [0.25, 0.3) is 0 Å². The van der Waals surface area contributed by atoms with Crippen molar-refractivity contribution < 1.29 is 9.53 Å². The van der Waals surface area contributed by atoms with Crippen LogP contribution in [0.4, 0.5) is 0 Å². The van der Waals surface area contributed by atoms with Crippen molar-refractivity contribution in [3.63, 3.8) is 0 Å². The zero-order valence-electron chi connectivity index (χ0n) is 11.1. The third-order valence-electron chi connectivity index (χ3n) is 2.63. The fourth-order valence-electron chi connectivity index (χ4n) is 1.58. The molecule has 0 aromatic heterocycles. The maximum Gasteiger partial charge on any atom is 0.319 e. The molecule has 0 aliphatic heterocycles. The van der Waals surface area contributed by atoms with E-state index in [0.29, 0.717) is 19.1 Å². The lowest BCUT2D eigenvalue weighted by Crippen LogP contribution is -2.24. The molecular weight excluding hydrogens is 250 g/mol. The summed E-state index contributed by atoms with van der Waals surface area (Å²) in [6.45, 7) is 7.23. The molecule has 0 heterocycles. The Morgan fingerprint density at radius 3 is 2.72 bits per heavy atom. The minimum absolute atomic E-state index is 0.204. The summed E-state index contributed by atoms with van der Waals surface area (Å²) in [5, 5.41) is 3.75. The van der Waals surface area contributed by atoms with Gasteiger partial charge in [0.05, 0.1) is 13.2 Å². The normalized spacial score (nSPS) is 10.7. The van der Waals surface area contributed by atoms with E-state index >= 15 is 0 Å². The van der Waals surface area contributed by atoms with Crippen LogP contribution >= 0.6 is 11.6 Å². The molecule has 3 nitrogen and oxygen atoms in total. The standard InChI is InChI=1S/C14H20ClNO2/c1-4-18-14(17)9-16-8-12-6-5-11(10(2)3)7-13(12)15/h5-7,10,16H,4,8-9H2,1-3H3. The lowest BCUT2D eigenvalue weighted by molar-refractivity contribution is -0.142. The average molecular weight is 270 g/mol. The molecule has 0 aliphatic rings. The number of halogens is 1. The predicted molar refractivity (Wildman–Crippen MR) is 73.9 cm³/mol. The highest BCUT2D eigenvalue weighted by Crippen LogP contribution is 2.22. The highest BCUT2D eigenvalue weighted by atomic mass is 35.5. The summed E-state index contributed by atoms with van der Waals surface area (Å²) in [7, 11) is 0. The van der Waals surface area contributed by atoms with E-state index in [2.05, 4.69) is 25.2 Å². The van der Waals surface area contributed by atoms with E-state index < -0.39 is 0 Å². The number of rotatable bonds is 6. The van der Waals surface area contributed by atoms with Crippen molar-refractivity contribution in [2.24, 2.45) is 0 Å². The third-order valence-corrected chi connectivity index (χ3v) is 2.99. The zero-order valence-corrected chi connectivity index (χ0v) is 11.9. The van der Waals surface area contributed by atoms with Crippen molar-refractivity contribution in [2.75, 3.05) is 13.2 Å². The van der Waals surface area contributed by atoms with Crippen molar-refractivity contribution in [3.8, 4) is 0 Å². The summed E-state index contributed by atoms with van der Waals surface area (Å²) in [5.41, 5.74) is 2.21. The molecule has 0 saturated carbocycles. The van der Waals surface area contributed by atoms with Crippen LogP contribution in [0.3, 0.4) is 0 Å². The van der Waals surface area contributed by atoms with Crippen LogP contribution in [0.1, 0.15) is 37.8 Å². The Hall–Kier alpha value is -1.06. The van der Waals surface area contributed by atoms with Crippen molar-refractivity contribution in [1.29, 1.82) is 0 Å². The average Bonchev–Trinajstić information content (AvgIpc) is 2.31. The number of esters is 1. The Bertz CT molecular complexity index is 405. The lowest BCUT2D eigenvalue weighted by atomic mass is 10.0. The molecule has 0 fully saturated rings. The van der Waals surface area contributed by atoms with E-state index in [1.165, 1.54) is 5.56 Å². The largest absolute Gasteiger partial charge is 0.465 e. The van der Waals surface area contributed by atoms with Crippen LogP contribution < -0.4 is 5.32 Å². The second-order valence-electron chi connectivity index (χ2n) is 4.41. The maximum atomic E-state index is 11.1. The molecule has 4 heteroatoms. The summed E-state index contributed by atoms with van der Waals surface area (Å²) < 4.78 is 4.83. The fourth-order valence-corrected chi connectivity index (χ4v) is 1.83. The van der Waals surface area contributed by atoms with Gasteiger partial charge in [0.15, 0.2) is 0 Å². The molecule has 0 radical (unpaired) electrons. The molecule has 0 saturated heterocycles. The molecule has 0 aliphatic carbocycles. The Morgan fingerprint density at radius 1 is 1.44 bits per heavy atom. The van der Waals surface area contributed by atoms with Crippen LogP contribution in [0.5, 0.6) is 0 Å². The number of hydrogen-bond acceptors (Lipinski definition) is 3. The summed E-state index contributed by atoms with van der Waals surface area (Å²) in [6, 6.07) is 6.04. The Balaban J connectivity index is 2.50. The van der Waals surface area contributed by atoms with Crippen LogP contribution in [0.25, 0.3) is 0 Å². The first-order chi connectivity index (χ1) is 8.54. The van der Waals surface area contributed by atoms with Gasteiger partial charge >= 0.3 is 5.97 Å². The van der Waals surface area contributed by atoms with Crippen molar-refractivity contribution in [3.05, 3.63) is 34.3 Å². The number of nitrogens with one attached hydrogen (secondary N) is 1. The molecule has 100 valence electrons. The summed E-state index contributed by atoms with van der Waals surface area (Å²) in [4.78, 5) is 11.1. The molecule has 1 rings (SSSR count). The number of carbonyl (C=O) groups is 1. The van der Waals surface area contributed by atoms with Gasteiger partial charge in [-0.3, -0.25) is 4.79 Å². The molecular formula is C14H20ClNO2. The van der Waals surface area contributed by atoms with Gasteiger partial charge in [0.1, 0.15) is 0 Å². The van der Waals surface area contributed by atoms with Crippen molar-refractivity contribution in [2.45, 2.75) is 33.2 Å². The van der Waals surface area contributed by atoms with Crippen LogP contribution in [0.15, 0.2) is 18.2 Å². The first-order valence-electron chi connectivity index (χ1n) is 6.19. The molecule has 1 aromatic carbocycles. The monoisotopic (exact) mass is 269 g/mol. The molecule has 0 atom stereocenters. The number of carbonyl (C=O) groups excluding carboxylic acids is 1. The summed E-state index contributed by atoms with van der Waals surface area (Å²) in [5.74, 6) is 0.219. The zero-order chi connectivity index (χ0) is 13.5. The molecule has 0 amide bonds. The predicted octanol–water partition coefficient (Wildman–Crippen LogP) is 3.12. The quantitative estimate of drug-likeness (QED) is 0.807. The summed E-state index contributed by atoms with van der Waals surface area (Å²) in [6.07, 6.45) is 0. The first kappa shape index (κ1) is 15.0. The summed E-state index contributed by atoms with van der Waals surface area (Å²) >= 11 is 6.19. The highest BCUT2D eigenvalue weighted by Gasteiger charge is 2.06. The van der Waals surface area contributed by atoms with Crippen molar-refractivity contribution in [1.82, 2.24) is 5.32 Å². The van der Waals surface area contributed by atoms with E-state index in [1.807, 2.05) is 12.1 Å². The van der Waals surface area contributed by atoms with Crippen LogP contribution in [0, 0.1) is 0 Å². The second kappa shape index (κ2) is 7.39. The van der Waals surface area contributed by atoms with E-state index in [1.54, 1.807) is 6.92 Å². The topological polar surface area (TPSA) is 38.3 Å². The van der Waals surface area contributed by atoms with Gasteiger partial charge in [-0.2, -0.15) is 0 Å². The van der Waals surface area contributed by atoms with Gasteiger partial charge in [0, 0.05) is 11.6 Å². The maximum absolute atomic E-state index is 11.1. The Labute approximate surface area is 113 Å². The second-order valence-corrected chi connectivity index (χ2v) is 4.82. The molecule has 18 heavy (non-hydrogen) atoms. The molecule has 0 unspecified atom stereocenters. The minimum atomic E-state index is -0.243. The van der Waals surface area contributed by atoms with E-state index in [0.717, 1.165) is 10.6 Å². The Morgan fingerprint density at radius 2 is 2.17 bits per heavy atom. The molecule has 1 aromatic rings. The third kappa shape index (κ3) is 4.67.